The number of carbonyl (C=O) groups is 3. The van der Waals surface area contributed by atoms with E-state index in [1.54, 1.807) is 17.0 Å². The Labute approximate surface area is 181 Å². The van der Waals surface area contributed by atoms with E-state index in [1.807, 2.05) is 17.9 Å². The first-order chi connectivity index (χ1) is 13.8. The summed E-state index contributed by atoms with van der Waals surface area (Å²) < 4.78 is 0.792. The van der Waals surface area contributed by atoms with Gasteiger partial charge in [-0.05, 0) is 49.3 Å². The molecule has 0 aromatic heterocycles. The molecular formula is C22H30BrN3O3. The second-order valence-electron chi connectivity index (χ2n) is 8.43. The maximum absolute atomic E-state index is 13.3. The molecule has 1 aromatic carbocycles. The van der Waals surface area contributed by atoms with E-state index >= 15 is 0 Å². The van der Waals surface area contributed by atoms with Gasteiger partial charge >= 0.3 is 0 Å². The molecule has 0 saturated carbocycles. The average Bonchev–Trinajstić information content (AvgIpc) is 3.17. The Kier molecular flexibility index (Phi) is 6.98. The molecule has 2 aliphatic heterocycles. The zero-order valence-corrected chi connectivity index (χ0v) is 19.0. The highest BCUT2D eigenvalue weighted by molar-refractivity contribution is 9.10. The van der Waals surface area contributed by atoms with E-state index in [0.717, 1.165) is 30.4 Å². The van der Waals surface area contributed by atoms with Crippen LogP contribution in [0.2, 0.25) is 0 Å². The highest BCUT2D eigenvalue weighted by Crippen LogP contribution is 2.28. The second kappa shape index (κ2) is 9.28. The van der Waals surface area contributed by atoms with Crippen LogP contribution in [0.5, 0.6) is 0 Å². The molecule has 0 radical (unpaired) electrons. The van der Waals surface area contributed by atoms with Crippen molar-refractivity contribution in [3.63, 3.8) is 0 Å². The molecule has 0 spiro atoms. The summed E-state index contributed by atoms with van der Waals surface area (Å²) in [6.07, 6.45) is 2.98. The highest BCUT2D eigenvalue weighted by Gasteiger charge is 2.34. The summed E-state index contributed by atoms with van der Waals surface area (Å²) >= 11 is 3.45. The van der Waals surface area contributed by atoms with Crippen LogP contribution in [0.3, 0.4) is 0 Å². The fourth-order valence-electron chi connectivity index (χ4n) is 4.56. The van der Waals surface area contributed by atoms with Crippen molar-refractivity contribution < 1.29 is 14.4 Å². The molecule has 2 saturated heterocycles. The Morgan fingerprint density at radius 1 is 1.17 bits per heavy atom. The topological polar surface area (TPSA) is 69.7 Å². The maximum Gasteiger partial charge on any atom is 0.256 e. The van der Waals surface area contributed by atoms with Crippen LogP contribution < -0.4 is 5.32 Å². The average molecular weight is 464 g/mol. The molecule has 1 unspecified atom stereocenters. The lowest BCUT2D eigenvalue weighted by molar-refractivity contribution is -0.136. The first kappa shape index (κ1) is 21.8. The lowest BCUT2D eigenvalue weighted by Crippen LogP contribution is -2.44. The minimum atomic E-state index is -0.468. The van der Waals surface area contributed by atoms with Crippen molar-refractivity contribution in [1.29, 1.82) is 0 Å². The van der Waals surface area contributed by atoms with E-state index in [-0.39, 0.29) is 17.7 Å². The van der Waals surface area contributed by atoms with E-state index in [2.05, 4.69) is 35.1 Å². The number of anilines is 1. The number of piperidine rings is 1. The summed E-state index contributed by atoms with van der Waals surface area (Å²) in [6, 6.07) is 4.87. The smallest absolute Gasteiger partial charge is 0.256 e. The molecule has 0 aliphatic carbocycles. The first-order valence-electron chi connectivity index (χ1n) is 10.5. The van der Waals surface area contributed by atoms with Gasteiger partial charge in [-0.1, -0.05) is 36.7 Å². The van der Waals surface area contributed by atoms with Gasteiger partial charge in [-0.15, -0.1) is 0 Å². The largest absolute Gasteiger partial charge is 0.338 e. The molecule has 2 aliphatic rings. The SMILES string of the molecule is CCC(=O)N1CCCC1C(=O)Nc1ccc(Br)cc1C(=O)N1C[C@H](C)C[C@H](C)C1. The highest BCUT2D eigenvalue weighted by atomic mass is 79.9. The molecule has 3 atom stereocenters. The number of hydrogen-bond donors (Lipinski definition) is 1. The molecule has 0 bridgehead atoms. The lowest BCUT2D eigenvalue weighted by atomic mass is 9.91. The van der Waals surface area contributed by atoms with Crippen molar-refractivity contribution in [1.82, 2.24) is 9.80 Å². The third-order valence-electron chi connectivity index (χ3n) is 5.80. The van der Waals surface area contributed by atoms with Crippen molar-refractivity contribution in [2.45, 2.75) is 52.5 Å². The summed E-state index contributed by atoms with van der Waals surface area (Å²) in [5, 5.41) is 2.93. The molecule has 1 N–H and O–H groups in total. The quantitative estimate of drug-likeness (QED) is 0.735. The van der Waals surface area contributed by atoms with Crippen LogP contribution in [0.15, 0.2) is 22.7 Å². The van der Waals surface area contributed by atoms with Crippen molar-refractivity contribution in [2.24, 2.45) is 11.8 Å². The van der Waals surface area contributed by atoms with Gasteiger partial charge in [0.2, 0.25) is 11.8 Å². The molecule has 158 valence electrons. The second-order valence-corrected chi connectivity index (χ2v) is 9.35. The van der Waals surface area contributed by atoms with Crippen LogP contribution in [-0.4, -0.2) is 53.2 Å². The Balaban J connectivity index is 1.81. The number of benzene rings is 1. The third-order valence-corrected chi connectivity index (χ3v) is 6.30. The van der Waals surface area contributed by atoms with Gasteiger partial charge in [0.15, 0.2) is 0 Å². The first-order valence-corrected chi connectivity index (χ1v) is 11.3. The molecular weight excluding hydrogens is 434 g/mol. The normalized spacial score (nSPS) is 24.5. The monoisotopic (exact) mass is 463 g/mol. The van der Waals surface area contributed by atoms with Crippen LogP contribution in [0.25, 0.3) is 0 Å². The maximum atomic E-state index is 13.3. The summed E-state index contributed by atoms with van der Waals surface area (Å²) in [6.45, 7) is 8.20. The van der Waals surface area contributed by atoms with Crippen LogP contribution >= 0.6 is 15.9 Å². The Morgan fingerprint density at radius 2 is 1.86 bits per heavy atom. The van der Waals surface area contributed by atoms with Gasteiger partial charge < -0.3 is 15.1 Å². The molecule has 3 rings (SSSR count). The molecule has 6 nitrogen and oxygen atoms in total. The van der Waals surface area contributed by atoms with Gasteiger partial charge in [-0.3, -0.25) is 14.4 Å². The number of nitrogens with one attached hydrogen (secondary N) is 1. The van der Waals surface area contributed by atoms with Crippen molar-refractivity contribution in [3.8, 4) is 0 Å². The molecule has 2 fully saturated rings. The van der Waals surface area contributed by atoms with Crippen molar-refractivity contribution in [3.05, 3.63) is 28.2 Å². The van der Waals surface area contributed by atoms with E-state index in [1.165, 1.54) is 0 Å². The van der Waals surface area contributed by atoms with E-state index in [4.69, 9.17) is 0 Å². The zero-order valence-electron chi connectivity index (χ0n) is 17.4. The van der Waals surface area contributed by atoms with E-state index in [9.17, 15) is 14.4 Å². The van der Waals surface area contributed by atoms with Gasteiger partial charge in [0.05, 0.1) is 11.3 Å². The van der Waals surface area contributed by atoms with Gasteiger partial charge in [-0.25, -0.2) is 0 Å². The number of halogens is 1. The summed E-state index contributed by atoms with van der Waals surface area (Å²) in [5.41, 5.74) is 0.991. The van der Waals surface area contributed by atoms with Crippen molar-refractivity contribution in [2.75, 3.05) is 25.0 Å². The van der Waals surface area contributed by atoms with Crippen molar-refractivity contribution >= 4 is 39.3 Å². The zero-order chi connectivity index (χ0) is 21.1. The third kappa shape index (κ3) is 5.00. The number of hydrogen-bond acceptors (Lipinski definition) is 3. The van der Waals surface area contributed by atoms with Crippen LogP contribution in [0.4, 0.5) is 5.69 Å². The van der Waals surface area contributed by atoms with Crippen LogP contribution in [0.1, 0.15) is 56.8 Å². The number of likely N-dealkylation sites (tertiary alicyclic amines) is 2. The molecule has 1 aromatic rings. The molecule has 7 heteroatoms. The van der Waals surface area contributed by atoms with E-state index in [0.29, 0.717) is 42.5 Å². The predicted octanol–water partition coefficient (Wildman–Crippen LogP) is 3.91. The summed E-state index contributed by atoms with van der Waals surface area (Å²) in [4.78, 5) is 41.9. The fraction of sp³-hybridized carbons (Fsp3) is 0.591. The Hall–Kier alpha value is -1.89. The summed E-state index contributed by atoms with van der Waals surface area (Å²) in [7, 11) is 0. The molecule has 2 heterocycles. The number of rotatable bonds is 4. The predicted molar refractivity (Wildman–Crippen MR) is 117 cm³/mol. The lowest BCUT2D eigenvalue weighted by Gasteiger charge is -2.35. The number of nitrogens with zero attached hydrogens (tertiary/aromatic N) is 2. The van der Waals surface area contributed by atoms with Gasteiger partial charge in [0, 0.05) is 30.5 Å². The van der Waals surface area contributed by atoms with Gasteiger partial charge in [0.25, 0.3) is 5.91 Å². The minimum Gasteiger partial charge on any atom is -0.338 e. The van der Waals surface area contributed by atoms with E-state index < -0.39 is 6.04 Å². The number of amides is 3. The van der Waals surface area contributed by atoms with Gasteiger partial charge in [0.1, 0.15) is 6.04 Å². The Bertz CT molecular complexity index is 788. The minimum absolute atomic E-state index is 0.00829. The van der Waals surface area contributed by atoms with Crippen LogP contribution in [0, 0.1) is 11.8 Å². The fourth-order valence-corrected chi connectivity index (χ4v) is 4.92. The number of carbonyl (C=O) groups excluding carboxylic acids is 3. The van der Waals surface area contributed by atoms with Crippen LogP contribution in [-0.2, 0) is 9.59 Å². The van der Waals surface area contributed by atoms with Gasteiger partial charge in [-0.2, -0.15) is 0 Å². The molecule has 3 amide bonds. The standard InChI is InChI=1S/C22H30BrN3O3/c1-4-20(27)26-9-5-6-19(26)21(28)24-18-8-7-16(23)11-17(18)22(29)25-12-14(2)10-15(3)13-25/h7-8,11,14-15,19H,4-6,9-10,12-13H2,1-3H3,(H,24,28)/t14-,15+,19?. The molecule has 29 heavy (non-hydrogen) atoms. The Morgan fingerprint density at radius 3 is 2.52 bits per heavy atom. The summed E-state index contributed by atoms with van der Waals surface area (Å²) in [5.74, 6) is 0.625.